The molecule has 2 atom stereocenters. The minimum Gasteiger partial charge on any atom is -0.373 e. The second kappa shape index (κ2) is 10.2. The monoisotopic (exact) mass is 415 g/mol. The Morgan fingerprint density at radius 2 is 1.97 bits per heavy atom. The number of aryl methyl sites for hydroxylation is 1. The third-order valence-corrected chi connectivity index (χ3v) is 5.91. The first-order valence-electron chi connectivity index (χ1n) is 10.2. The largest absolute Gasteiger partial charge is 0.373 e. The third-order valence-electron chi connectivity index (χ3n) is 5.08. The van der Waals surface area contributed by atoms with Gasteiger partial charge in [0.2, 0.25) is 0 Å². The zero-order valence-electron chi connectivity index (χ0n) is 18.2. The van der Waals surface area contributed by atoms with Crippen LogP contribution < -0.4 is 5.32 Å². The number of hydrogen-bond donors (Lipinski definition) is 1. The lowest BCUT2D eigenvalue weighted by Crippen LogP contribution is -2.45. The van der Waals surface area contributed by atoms with E-state index in [1.54, 1.807) is 11.3 Å². The number of guanidine groups is 1. The Labute approximate surface area is 178 Å². The van der Waals surface area contributed by atoms with Crippen molar-refractivity contribution in [1.82, 2.24) is 20.1 Å². The van der Waals surface area contributed by atoms with Crippen molar-refractivity contribution in [3.05, 3.63) is 51.5 Å². The number of aromatic nitrogens is 1. The van der Waals surface area contributed by atoms with Crippen molar-refractivity contribution in [2.45, 2.75) is 52.6 Å². The summed E-state index contributed by atoms with van der Waals surface area (Å²) in [5.74, 6) is 0.874. The van der Waals surface area contributed by atoms with E-state index in [4.69, 9.17) is 4.74 Å². The molecule has 29 heavy (non-hydrogen) atoms. The van der Waals surface area contributed by atoms with Gasteiger partial charge in [0.15, 0.2) is 5.96 Å². The number of aliphatic imine (C=N–C) groups is 1. The molecule has 1 aromatic heterocycles. The van der Waals surface area contributed by atoms with E-state index in [0.29, 0.717) is 0 Å². The minimum atomic E-state index is 0.283. The summed E-state index contributed by atoms with van der Waals surface area (Å²) < 4.78 is 5.87. The van der Waals surface area contributed by atoms with Gasteiger partial charge in [-0.3, -0.25) is 9.89 Å². The van der Waals surface area contributed by atoms with Crippen LogP contribution in [0, 0.1) is 6.92 Å². The van der Waals surface area contributed by atoms with Gasteiger partial charge in [-0.2, -0.15) is 0 Å². The predicted molar refractivity (Wildman–Crippen MR) is 120 cm³/mol. The maximum Gasteiger partial charge on any atom is 0.194 e. The molecule has 0 spiro atoms. The van der Waals surface area contributed by atoms with E-state index in [1.165, 1.54) is 11.1 Å². The summed E-state index contributed by atoms with van der Waals surface area (Å²) in [6.45, 7) is 10.7. The molecule has 0 amide bonds. The standard InChI is InChI=1S/C22H33N5OS/c1-16-11-27(12-17(2)28-16)13-20-9-7-6-8-19(20)10-24-22(23-4)26(5)14-21-15-29-18(3)25-21/h6-9,15-17H,10-14H2,1-5H3,(H,23,24). The van der Waals surface area contributed by atoms with Crippen molar-refractivity contribution in [2.24, 2.45) is 4.99 Å². The number of rotatable bonds is 6. The van der Waals surface area contributed by atoms with Gasteiger partial charge in [-0.25, -0.2) is 4.98 Å². The Kier molecular flexibility index (Phi) is 7.64. The third kappa shape index (κ3) is 6.26. The fourth-order valence-corrected chi connectivity index (χ4v) is 4.50. The van der Waals surface area contributed by atoms with Crippen molar-refractivity contribution < 1.29 is 4.74 Å². The number of nitrogens with one attached hydrogen (secondary N) is 1. The van der Waals surface area contributed by atoms with Gasteiger partial charge in [0, 0.05) is 45.7 Å². The fraction of sp³-hybridized carbons (Fsp3) is 0.545. The van der Waals surface area contributed by atoms with E-state index in [9.17, 15) is 0 Å². The van der Waals surface area contributed by atoms with Gasteiger partial charge >= 0.3 is 0 Å². The van der Waals surface area contributed by atoms with E-state index in [-0.39, 0.29) is 12.2 Å². The summed E-state index contributed by atoms with van der Waals surface area (Å²) in [5.41, 5.74) is 3.74. The number of hydrogen-bond acceptors (Lipinski definition) is 5. The van der Waals surface area contributed by atoms with Crippen molar-refractivity contribution in [2.75, 3.05) is 27.2 Å². The van der Waals surface area contributed by atoms with E-state index in [2.05, 4.69) is 68.6 Å². The molecule has 1 saturated heterocycles. The lowest BCUT2D eigenvalue weighted by atomic mass is 10.1. The van der Waals surface area contributed by atoms with E-state index in [1.807, 2.05) is 21.0 Å². The summed E-state index contributed by atoms with van der Waals surface area (Å²) in [5, 5.41) is 6.72. The Bertz CT molecular complexity index is 811. The van der Waals surface area contributed by atoms with Crippen molar-refractivity contribution in [3.63, 3.8) is 0 Å². The molecule has 3 rings (SSSR count). The Balaban J connectivity index is 1.60. The maximum atomic E-state index is 5.87. The van der Waals surface area contributed by atoms with Gasteiger partial charge in [0.05, 0.1) is 29.5 Å². The van der Waals surface area contributed by atoms with Crippen LogP contribution in [0.25, 0.3) is 0 Å². The highest BCUT2D eigenvalue weighted by atomic mass is 32.1. The van der Waals surface area contributed by atoms with Crippen LogP contribution in [-0.4, -0.2) is 60.1 Å². The Morgan fingerprint density at radius 3 is 2.59 bits per heavy atom. The summed E-state index contributed by atoms with van der Waals surface area (Å²) in [6.07, 6.45) is 0.566. The van der Waals surface area contributed by atoms with Crippen LogP contribution in [0.1, 0.15) is 35.7 Å². The smallest absolute Gasteiger partial charge is 0.194 e. The summed E-state index contributed by atoms with van der Waals surface area (Å²) >= 11 is 1.68. The number of benzene rings is 1. The van der Waals surface area contributed by atoms with Crippen molar-refractivity contribution in [3.8, 4) is 0 Å². The van der Waals surface area contributed by atoms with E-state index < -0.39 is 0 Å². The molecular weight excluding hydrogens is 382 g/mol. The molecular formula is C22H33N5OS. The number of morpholine rings is 1. The highest BCUT2D eigenvalue weighted by molar-refractivity contribution is 7.09. The highest BCUT2D eigenvalue weighted by Gasteiger charge is 2.22. The normalized spacial score (nSPS) is 20.7. The molecule has 1 N–H and O–H groups in total. The molecule has 2 aromatic rings. The molecule has 1 aromatic carbocycles. The van der Waals surface area contributed by atoms with Crippen LogP contribution >= 0.6 is 11.3 Å². The molecule has 2 unspecified atom stereocenters. The molecule has 1 fully saturated rings. The van der Waals surface area contributed by atoms with Crippen LogP contribution in [0.3, 0.4) is 0 Å². The van der Waals surface area contributed by atoms with Gasteiger partial charge < -0.3 is 15.0 Å². The summed E-state index contributed by atoms with van der Waals surface area (Å²) in [7, 11) is 3.87. The molecule has 0 saturated carbocycles. The molecule has 0 radical (unpaired) electrons. The van der Waals surface area contributed by atoms with Crippen LogP contribution in [0.4, 0.5) is 0 Å². The average Bonchev–Trinajstić information content (AvgIpc) is 3.07. The number of nitrogens with zero attached hydrogens (tertiary/aromatic N) is 4. The van der Waals surface area contributed by atoms with Crippen molar-refractivity contribution in [1.29, 1.82) is 0 Å². The van der Waals surface area contributed by atoms with Crippen LogP contribution in [0.2, 0.25) is 0 Å². The second-order valence-corrected chi connectivity index (χ2v) is 8.90. The maximum absolute atomic E-state index is 5.87. The first-order valence-corrected chi connectivity index (χ1v) is 11.1. The van der Waals surface area contributed by atoms with Gasteiger partial charge in [0.1, 0.15) is 0 Å². The zero-order chi connectivity index (χ0) is 20.8. The lowest BCUT2D eigenvalue weighted by molar-refractivity contribution is -0.0705. The topological polar surface area (TPSA) is 53.0 Å². The number of thiazole rings is 1. The van der Waals surface area contributed by atoms with Gasteiger partial charge in [0.25, 0.3) is 0 Å². The molecule has 0 bridgehead atoms. The van der Waals surface area contributed by atoms with Gasteiger partial charge in [-0.1, -0.05) is 24.3 Å². The van der Waals surface area contributed by atoms with E-state index in [0.717, 1.165) is 49.4 Å². The Hall–Kier alpha value is -1.96. The Morgan fingerprint density at radius 1 is 1.28 bits per heavy atom. The molecule has 1 aliphatic heterocycles. The zero-order valence-corrected chi connectivity index (χ0v) is 19.0. The SMILES string of the molecule is CN=C(NCc1ccccc1CN1CC(C)OC(C)C1)N(C)Cc1csc(C)n1. The predicted octanol–water partition coefficient (Wildman–Crippen LogP) is 3.27. The summed E-state index contributed by atoms with van der Waals surface area (Å²) in [4.78, 5) is 13.6. The first-order chi connectivity index (χ1) is 13.9. The molecule has 7 heteroatoms. The van der Waals surface area contributed by atoms with Crippen LogP contribution in [-0.2, 0) is 24.4 Å². The first kappa shape index (κ1) is 21.7. The van der Waals surface area contributed by atoms with Gasteiger partial charge in [-0.15, -0.1) is 11.3 Å². The quantitative estimate of drug-likeness (QED) is 0.580. The molecule has 0 aliphatic carbocycles. The highest BCUT2D eigenvalue weighted by Crippen LogP contribution is 2.17. The molecule has 6 nitrogen and oxygen atoms in total. The van der Waals surface area contributed by atoms with Gasteiger partial charge in [-0.05, 0) is 31.9 Å². The fourth-order valence-electron chi connectivity index (χ4n) is 3.90. The van der Waals surface area contributed by atoms with Crippen LogP contribution in [0.5, 0.6) is 0 Å². The molecule has 2 heterocycles. The van der Waals surface area contributed by atoms with Crippen LogP contribution in [0.15, 0.2) is 34.6 Å². The van der Waals surface area contributed by atoms with E-state index >= 15 is 0 Å². The van der Waals surface area contributed by atoms with Crippen molar-refractivity contribution >= 4 is 17.3 Å². The molecule has 158 valence electrons. The average molecular weight is 416 g/mol. The number of ether oxygens (including phenoxy) is 1. The molecule has 1 aliphatic rings. The summed E-state index contributed by atoms with van der Waals surface area (Å²) in [6, 6.07) is 8.66. The lowest BCUT2D eigenvalue weighted by Gasteiger charge is -2.35. The second-order valence-electron chi connectivity index (χ2n) is 7.83. The minimum absolute atomic E-state index is 0.283.